The zero-order chi connectivity index (χ0) is 12.5. The van der Waals surface area contributed by atoms with Crippen LogP contribution in [0.2, 0.25) is 0 Å². The van der Waals surface area contributed by atoms with Crippen LogP contribution < -0.4 is 5.84 Å². The van der Waals surface area contributed by atoms with Crippen LogP contribution >= 0.6 is 0 Å². The molecule has 0 unspecified atom stereocenters. The molecule has 4 heteroatoms. The van der Waals surface area contributed by atoms with Gasteiger partial charge in [-0.15, -0.1) is 5.17 Å². The first-order chi connectivity index (χ1) is 8.25. The lowest BCUT2D eigenvalue weighted by atomic mass is 10.2. The molecule has 0 aliphatic heterocycles. The molecule has 0 aliphatic carbocycles. The quantitative estimate of drug-likeness (QED) is 0.342. The van der Waals surface area contributed by atoms with Gasteiger partial charge in [0.15, 0.2) is 0 Å². The van der Waals surface area contributed by atoms with Crippen LogP contribution in [-0.4, -0.2) is 17.7 Å². The molecule has 0 fully saturated rings. The van der Waals surface area contributed by atoms with Crippen LogP contribution in [0.1, 0.15) is 43.0 Å². The van der Waals surface area contributed by atoms with Gasteiger partial charge in [-0.3, -0.25) is 9.63 Å². The Morgan fingerprint density at radius 2 is 1.94 bits per heavy atom. The SMILES string of the molecule is CCCCCCON(N)C(=O)c1ccccc1. The molecular weight excluding hydrogens is 216 g/mol. The first-order valence-corrected chi connectivity index (χ1v) is 6.02. The summed E-state index contributed by atoms with van der Waals surface area (Å²) in [6.07, 6.45) is 4.38. The Balaban J connectivity index is 2.28. The highest BCUT2D eigenvalue weighted by Crippen LogP contribution is 2.03. The van der Waals surface area contributed by atoms with E-state index in [1.165, 1.54) is 12.8 Å². The molecule has 0 heterocycles. The number of nitrogens with zero attached hydrogens (tertiary/aromatic N) is 1. The molecule has 1 rings (SSSR count). The Bertz CT molecular complexity index is 327. The summed E-state index contributed by atoms with van der Waals surface area (Å²) in [5.41, 5.74) is 0.531. The third-order valence-electron chi connectivity index (χ3n) is 2.45. The zero-order valence-corrected chi connectivity index (χ0v) is 10.3. The van der Waals surface area contributed by atoms with Crippen molar-refractivity contribution < 1.29 is 9.63 Å². The number of carbonyl (C=O) groups is 1. The van der Waals surface area contributed by atoms with E-state index in [4.69, 9.17) is 10.7 Å². The van der Waals surface area contributed by atoms with Crippen LogP contribution in [0.25, 0.3) is 0 Å². The highest BCUT2D eigenvalue weighted by Gasteiger charge is 2.11. The van der Waals surface area contributed by atoms with Crippen LogP contribution in [0.15, 0.2) is 30.3 Å². The van der Waals surface area contributed by atoms with Gasteiger partial charge in [0.2, 0.25) is 0 Å². The number of hydrazine groups is 1. The first kappa shape index (κ1) is 13.7. The molecule has 0 spiro atoms. The zero-order valence-electron chi connectivity index (χ0n) is 10.3. The Morgan fingerprint density at radius 1 is 1.24 bits per heavy atom. The Morgan fingerprint density at radius 3 is 2.59 bits per heavy atom. The Hall–Kier alpha value is -1.39. The van der Waals surface area contributed by atoms with E-state index in [9.17, 15) is 4.79 Å². The standard InChI is InChI=1S/C13H20N2O2/c1-2-3-4-8-11-17-15(14)13(16)12-9-6-5-7-10-12/h5-7,9-10H,2-4,8,11,14H2,1H3. The predicted octanol–water partition coefficient (Wildman–Crippen LogP) is 2.51. The lowest BCUT2D eigenvalue weighted by Gasteiger charge is -2.15. The van der Waals surface area contributed by atoms with E-state index in [-0.39, 0.29) is 5.91 Å². The number of carbonyl (C=O) groups excluding carboxylic acids is 1. The number of unbranched alkanes of at least 4 members (excludes halogenated alkanes) is 3. The number of hydrogen-bond acceptors (Lipinski definition) is 3. The molecule has 94 valence electrons. The van der Waals surface area contributed by atoms with Gasteiger partial charge in [0, 0.05) is 5.56 Å². The van der Waals surface area contributed by atoms with Gasteiger partial charge in [-0.05, 0) is 18.6 Å². The summed E-state index contributed by atoms with van der Waals surface area (Å²) >= 11 is 0. The van der Waals surface area contributed by atoms with E-state index in [1.807, 2.05) is 6.07 Å². The molecule has 0 saturated carbocycles. The van der Waals surface area contributed by atoms with Crippen molar-refractivity contribution in [3.63, 3.8) is 0 Å². The van der Waals surface area contributed by atoms with E-state index in [1.54, 1.807) is 24.3 Å². The normalized spacial score (nSPS) is 10.2. The van der Waals surface area contributed by atoms with Gasteiger partial charge in [0.1, 0.15) is 0 Å². The second-order valence-corrected chi connectivity index (χ2v) is 3.89. The van der Waals surface area contributed by atoms with Crippen molar-refractivity contribution in [3.8, 4) is 0 Å². The third kappa shape index (κ3) is 4.97. The molecular formula is C13H20N2O2. The molecule has 0 aromatic heterocycles. The van der Waals surface area contributed by atoms with Crippen LogP contribution in [0.4, 0.5) is 0 Å². The monoisotopic (exact) mass is 236 g/mol. The maximum Gasteiger partial charge on any atom is 0.292 e. The molecule has 4 nitrogen and oxygen atoms in total. The van der Waals surface area contributed by atoms with E-state index in [2.05, 4.69) is 6.92 Å². The smallest absolute Gasteiger partial charge is 0.265 e. The number of rotatable bonds is 7. The second-order valence-electron chi connectivity index (χ2n) is 3.89. The minimum Gasteiger partial charge on any atom is -0.265 e. The molecule has 0 bridgehead atoms. The number of benzene rings is 1. The van der Waals surface area contributed by atoms with E-state index in [0.717, 1.165) is 18.0 Å². The predicted molar refractivity (Wildman–Crippen MR) is 66.9 cm³/mol. The molecule has 1 amide bonds. The summed E-state index contributed by atoms with van der Waals surface area (Å²) in [7, 11) is 0. The van der Waals surface area contributed by atoms with Crippen LogP contribution in [0.5, 0.6) is 0 Å². The lowest BCUT2D eigenvalue weighted by Crippen LogP contribution is -2.37. The van der Waals surface area contributed by atoms with E-state index in [0.29, 0.717) is 12.2 Å². The molecule has 1 aromatic carbocycles. The average molecular weight is 236 g/mol. The minimum atomic E-state index is -0.318. The van der Waals surface area contributed by atoms with Gasteiger partial charge >= 0.3 is 0 Å². The maximum atomic E-state index is 11.7. The van der Waals surface area contributed by atoms with Gasteiger partial charge in [-0.2, -0.15) is 0 Å². The molecule has 17 heavy (non-hydrogen) atoms. The average Bonchev–Trinajstić information content (AvgIpc) is 2.38. The number of hydroxylamine groups is 1. The van der Waals surface area contributed by atoms with Crippen molar-refractivity contribution in [1.82, 2.24) is 5.17 Å². The third-order valence-corrected chi connectivity index (χ3v) is 2.45. The molecule has 1 aromatic rings. The largest absolute Gasteiger partial charge is 0.292 e. The van der Waals surface area contributed by atoms with Gasteiger partial charge in [0.25, 0.3) is 5.91 Å². The van der Waals surface area contributed by atoms with Crippen molar-refractivity contribution in [2.75, 3.05) is 6.61 Å². The van der Waals surface area contributed by atoms with Crippen molar-refractivity contribution in [1.29, 1.82) is 0 Å². The minimum absolute atomic E-state index is 0.318. The first-order valence-electron chi connectivity index (χ1n) is 6.02. The van der Waals surface area contributed by atoms with Crippen LogP contribution in [0.3, 0.4) is 0 Å². The fourth-order valence-electron chi connectivity index (χ4n) is 1.46. The Labute approximate surface area is 102 Å². The van der Waals surface area contributed by atoms with Gasteiger partial charge < -0.3 is 0 Å². The fourth-order valence-corrected chi connectivity index (χ4v) is 1.46. The number of amides is 1. The Kier molecular flexibility index (Phi) is 6.29. The summed E-state index contributed by atoms with van der Waals surface area (Å²) < 4.78 is 0. The molecule has 0 atom stereocenters. The summed E-state index contributed by atoms with van der Waals surface area (Å²) in [5.74, 6) is 5.21. The highest BCUT2D eigenvalue weighted by molar-refractivity contribution is 5.93. The summed E-state index contributed by atoms with van der Waals surface area (Å²) in [5, 5.41) is 0.821. The van der Waals surface area contributed by atoms with Crippen molar-refractivity contribution >= 4 is 5.91 Å². The van der Waals surface area contributed by atoms with Gasteiger partial charge in [0.05, 0.1) is 6.61 Å². The van der Waals surface area contributed by atoms with Gasteiger partial charge in [-0.1, -0.05) is 44.4 Å². The van der Waals surface area contributed by atoms with Crippen LogP contribution in [-0.2, 0) is 4.84 Å². The van der Waals surface area contributed by atoms with Gasteiger partial charge in [-0.25, -0.2) is 5.84 Å². The van der Waals surface area contributed by atoms with Crippen molar-refractivity contribution in [2.24, 2.45) is 5.84 Å². The molecule has 0 aliphatic rings. The second kappa shape index (κ2) is 7.81. The molecule has 0 radical (unpaired) electrons. The highest BCUT2D eigenvalue weighted by atomic mass is 16.7. The molecule has 2 N–H and O–H groups in total. The topological polar surface area (TPSA) is 55.6 Å². The summed E-state index contributed by atoms with van der Waals surface area (Å²) in [6.45, 7) is 2.63. The summed E-state index contributed by atoms with van der Waals surface area (Å²) in [6, 6.07) is 8.86. The van der Waals surface area contributed by atoms with Crippen molar-refractivity contribution in [2.45, 2.75) is 32.6 Å². The fraction of sp³-hybridized carbons (Fsp3) is 0.462. The number of hydrogen-bond donors (Lipinski definition) is 1. The van der Waals surface area contributed by atoms with E-state index >= 15 is 0 Å². The number of nitrogens with two attached hydrogens (primary N) is 1. The summed E-state index contributed by atoms with van der Waals surface area (Å²) in [4.78, 5) is 16.9. The van der Waals surface area contributed by atoms with Crippen molar-refractivity contribution in [3.05, 3.63) is 35.9 Å². The molecule has 0 saturated heterocycles. The lowest BCUT2D eigenvalue weighted by molar-refractivity contribution is -0.126. The van der Waals surface area contributed by atoms with Crippen LogP contribution in [0, 0.1) is 0 Å². The maximum absolute atomic E-state index is 11.7. The van der Waals surface area contributed by atoms with E-state index < -0.39 is 0 Å².